The van der Waals surface area contributed by atoms with E-state index in [4.69, 9.17) is 27.9 Å². The topological polar surface area (TPSA) is 55.4 Å². The van der Waals surface area contributed by atoms with Crippen LogP contribution in [0.5, 0.6) is 0 Å². The molecule has 1 saturated heterocycles. The lowest BCUT2D eigenvalue weighted by Crippen LogP contribution is -2.41. The van der Waals surface area contributed by atoms with Gasteiger partial charge in [-0.05, 0) is 17.2 Å². The molecule has 0 saturated carbocycles. The molecular weight excluding hydrogens is 373 g/mol. The van der Waals surface area contributed by atoms with Crippen LogP contribution >= 0.6 is 23.2 Å². The number of hydrogen-bond acceptors (Lipinski definition) is 3. The minimum atomic E-state index is -0.729. The lowest BCUT2D eigenvalue weighted by molar-refractivity contribution is -0.150. The fourth-order valence-electron chi connectivity index (χ4n) is 3.09. The van der Waals surface area contributed by atoms with Gasteiger partial charge in [-0.15, -0.1) is 0 Å². The zero-order valence-electron chi connectivity index (χ0n) is 13.9. The summed E-state index contributed by atoms with van der Waals surface area (Å²) in [5, 5.41) is 3.34. The lowest BCUT2D eigenvalue weighted by atomic mass is 9.79. The lowest BCUT2D eigenvalue weighted by Gasteiger charge is -2.32. The molecular formula is C20H17Cl2NO3. The molecule has 0 spiro atoms. The molecule has 0 aliphatic carbocycles. The Labute approximate surface area is 161 Å². The Morgan fingerprint density at radius 2 is 1.88 bits per heavy atom. The van der Waals surface area contributed by atoms with E-state index in [-0.39, 0.29) is 18.9 Å². The Bertz CT molecular complexity index is 851. The maximum absolute atomic E-state index is 12.8. The van der Waals surface area contributed by atoms with Crippen LogP contribution in [0.25, 0.3) is 0 Å². The fourth-order valence-corrected chi connectivity index (χ4v) is 3.54. The number of rotatable bonds is 4. The van der Waals surface area contributed by atoms with Gasteiger partial charge in [-0.1, -0.05) is 72.2 Å². The maximum atomic E-state index is 12.8. The number of halogens is 2. The Balaban J connectivity index is 1.86. The summed E-state index contributed by atoms with van der Waals surface area (Å²) in [6, 6.07) is 14.5. The third-order valence-corrected chi connectivity index (χ3v) is 5.18. The van der Waals surface area contributed by atoms with E-state index in [2.05, 4.69) is 11.9 Å². The third-order valence-electron chi connectivity index (χ3n) is 4.34. The van der Waals surface area contributed by atoms with Crippen molar-refractivity contribution in [2.24, 2.45) is 5.92 Å². The SMILES string of the molecule is C=C1NC(=O)CC(c2cccc(Cl)c2Cl)C1C(=O)OCc1ccccc1. The number of carbonyl (C=O) groups is 2. The van der Waals surface area contributed by atoms with Gasteiger partial charge in [0.2, 0.25) is 5.91 Å². The predicted molar refractivity (Wildman–Crippen MR) is 101 cm³/mol. The normalized spacial score (nSPS) is 19.8. The summed E-state index contributed by atoms with van der Waals surface area (Å²) in [5.74, 6) is -1.89. The highest BCUT2D eigenvalue weighted by Gasteiger charge is 2.40. The first kappa shape index (κ1) is 18.5. The molecule has 2 unspecified atom stereocenters. The van der Waals surface area contributed by atoms with Crippen LogP contribution in [-0.4, -0.2) is 11.9 Å². The molecule has 4 nitrogen and oxygen atoms in total. The van der Waals surface area contributed by atoms with Gasteiger partial charge in [0.1, 0.15) is 12.5 Å². The van der Waals surface area contributed by atoms with Crippen molar-refractivity contribution in [3.8, 4) is 0 Å². The summed E-state index contributed by atoms with van der Waals surface area (Å²) in [6.07, 6.45) is 0.101. The van der Waals surface area contributed by atoms with Crippen LogP contribution in [0, 0.1) is 5.92 Å². The number of esters is 1. The number of amides is 1. The Hall–Kier alpha value is -2.30. The van der Waals surface area contributed by atoms with Gasteiger partial charge in [-0.3, -0.25) is 9.59 Å². The molecule has 1 amide bonds. The van der Waals surface area contributed by atoms with Crippen molar-refractivity contribution in [2.45, 2.75) is 18.9 Å². The first-order valence-electron chi connectivity index (χ1n) is 8.10. The average molecular weight is 390 g/mol. The molecule has 1 aliphatic rings. The summed E-state index contributed by atoms with van der Waals surface area (Å²) in [7, 11) is 0. The van der Waals surface area contributed by atoms with Crippen molar-refractivity contribution in [1.82, 2.24) is 5.32 Å². The molecule has 2 atom stereocenters. The van der Waals surface area contributed by atoms with Crippen LogP contribution in [0.1, 0.15) is 23.5 Å². The monoisotopic (exact) mass is 389 g/mol. The quantitative estimate of drug-likeness (QED) is 0.784. The van der Waals surface area contributed by atoms with Crippen LogP contribution in [0.2, 0.25) is 10.0 Å². The van der Waals surface area contributed by atoms with E-state index in [1.54, 1.807) is 18.2 Å². The van der Waals surface area contributed by atoms with E-state index in [9.17, 15) is 9.59 Å². The molecule has 0 bridgehead atoms. The van der Waals surface area contributed by atoms with Crippen LogP contribution in [0.3, 0.4) is 0 Å². The van der Waals surface area contributed by atoms with Gasteiger partial charge in [0.05, 0.1) is 10.0 Å². The fraction of sp³-hybridized carbons (Fsp3) is 0.200. The maximum Gasteiger partial charge on any atom is 0.315 e. The zero-order chi connectivity index (χ0) is 18.7. The largest absolute Gasteiger partial charge is 0.460 e. The van der Waals surface area contributed by atoms with Crippen LogP contribution in [0.4, 0.5) is 0 Å². The molecule has 2 aromatic rings. The minimum absolute atomic E-state index is 0.101. The highest BCUT2D eigenvalue weighted by atomic mass is 35.5. The van der Waals surface area contributed by atoms with Crippen molar-refractivity contribution in [1.29, 1.82) is 0 Å². The van der Waals surface area contributed by atoms with Crippen molar-refractivity contribution in [2.75, 3.05) is 0 Å². The van der Waals surface area contributed by atoms with E-state index in [0.717, 1.165) is 5.56 Å². The molecule has 0 radical (unpaired) electrons. The molecule has 0 aromatic heterocycles. The van der Waals surface area contributed by atoms with Crippen molar-refractivity contribution in [3.63, 3.8) is 0 Å². The Morgan fingerprint density at radius 3 is 2.62 bits per heavy atom. The van der Waals surface area contributed by atoms with Crippen molar-refractivity contribution < 1.29 is 14.3 Å². The number of nitrogens with one attached hydrogen (secondary N) is 1. The Morgan fingerprint density at radius 1 is 1.15 bits per heavy atom. The van der Waals surface area contributed by atoms with E-state index in [1.165, 1.54) is 0 Å². The molecule has 1 fully saturated rings. The smallest absolute Gasteiger partial charge is 0.315 e. The summed E-state index contributed by atoms with van der Waals surface area (Å²) in [5.41, 5.74) is 1.82. The molecule has 1 N–H and O–H groups in total. The zero-order valence-corrected chi connectivity index (χ0v) is 15.4. The van der Waals surface area contributed by atoms with Crippen molar-refractivity contribution in [3.05, 3.63) is 82.0 Å². The number of carbonyl (C=O) groups excluding carboxylic acids is 2. The van der Waals surface area contributed by atoms with Gasteiger partial charge in [0.25, 0.3) is 0 Å². The second kappa shape index (κ2) is 7.94. The average Bonchev–Trinajstić information content (AvgIpc) is 2.62. The first-order chi connectivity index (χ1) is 12.5. The summed E-state index contributed by atoms with van der Waals surface area (Å²) < 4.78 is 5.47. The van der Waals surface area contributed by atoms with Gasteiger partial charge < -0.3 is 10.1 Å². The number of hydrogen-bond donors (Lipinski definition) is 1. The second-order valence-electron chi connectivity index (χ2n) is 6.10. The molecule has 6 heteroatoms. The van der Waals surface area contributed by atoms with Gasteiger partial charge >= 0.3 is 5.97 Å². The van der Waals surface area contributed by atoms with Gasteiger partial charge in [0.15, 0.2) is 0 Å². The van der Waals surface area contributed by atoms with E-state index >= 15 is 0 Å². The van der Waals surface area contributed by atoms with Crippen LogP contribution in [-0.2, 0) is 20.9 Å². The van der Waals surface area contributed by atoms with E-state index in [1.807, 2.05) is 30.3 Å². The molecule has 2 aromatic carbocycles. The van der Waals surface area contributed by atoms with Crippen LogP contribution in [0.15, 0.2) is 60.8 Å². The highest BCUT2D eigenvalue weighted by Crippen LogP contribution is 2.41. The summed E-state index contributed by atoms with van der Waals surface area (Å²) in [6.45, 7) is 3.99. The Kier molecular flexibility index (Phi) is 5.64. The molecule has 1 aliphatic heterocycles. The summed E-state index contributed by atoms with van der Waals surface area (Å²) in [4.78, 5) is 24.8. The minimum Gasteiger partial charge on any atom is -0.460 e. The number of piperidine rings is 1. The third kappa shape index (κ3) is 3.92. The van der Waals surface area contributed by atoms with E-state index < -0.39 is 17.8 Å². The number of benzene rings is 2. The van der Waals surface area contributed by atoms with Crippen molar-refractivity contribution >= 4 is 35.1 Å². The molecule has 134 valence electrons. The molecule has 1 heterocycles. The highest BCUT2D eigenvalue weighted by molar-refractivity contribution is 6.42. The van der Waals surface area contributed by atoms with Gasteiger partial charge in [-0.25, -0.2) is 0 Å². The van der Waals surface area contributed by atoms with Gasteiger partial charge in [-0.2, -0.15) is 0 Å². The summed E-state index contributed by atoms with van der Waals surface area (Å²) >= 11 is 12.4. The van der Waals surface area contributed by atoms with Gasteiger partial charge in [0, 0.05) is 18.0 Å². The van der Waals surface area contributed by atoms with E-state index in [0.29, 0.717) is 21.3 Å². The first-order valence-corrected chi connectivity index (χ1v) is 8.86. The number of ether oxygens (including phenoxy) is 1. The molecule has 3 rings (SSSR count). The predicted octanol–water partition coefficient (Wildman–Crippen LogP) is 4.47. The van der Waals surface area contributed by atoms with Crippen LogP contribution < -0.4 is 5.32 Å². The second-order valence-corrected chi connectivity index (χ2v) is 6.88. The standard InChI is InChI=1S/C20H17Cl2NO3/c1-12-18(20(25)26-11-13-6-3-2-4-7-13)15(10-17(24)23-12)14-8-5-9-16(21)19(14)22/h2-9,15,18H,1,10-11H2,(H,23,24). The molecule has 26 heavy (non-hydrogen) atoms.